The van der Waals surface area contributed by atoms with E-state index in [1.165, 1.54) is 13.8 Å². The molecule has 1 heterocycles. The molecule has 0 aromatic heterocycles. The second kappa shape index (κ2) is 5.61. The van der Waals surface area contributed by atoms with Crippen molar-refractivity contribution in [3.63, 3.8) is 0 Å². The van der Waals surface area contributed by atoms with Gasteiger partial charge in [0.1, 0.15) is 15.4 Å². The zero-order valence-corrected chi connectivity index (χ0v) is 13.5. The predicted octanol–water partition coefficient (Wildman–Crippen LogP) is 0.0785. The molecule has 1 fully saturated rings. The van der Waals surface area contributed by atoms with Crippen LogP contribution in [-0.2, 0) is 24.7 Å². The van der Waals surface area contributed by atoms with E-state index in [0.29, 0.717) is 0 Å². The maximum absolute atomic E-state index is 12.5. The van der Waals surface area contributed by atoms with Gasteiger partial charge in [-0.2, -0.15) is 4.31 Å². The van der Waals surface area contributed by atoms with E-state index in [9.17, 15) is 26.7 Å². The molecule has 0 amide bonds. The van der Waals surface area contributed by atoms with Crippen LogP contribution in [0.3, 0.4) is 0 Å². The zero-order valence-electron chi connectivity index (χ0n) is 11.9. The van der Waals surface area contributed by atoms with Crippen LogP contribution < -0.4 is 0 Å². The van der Waals surface area contributed by atoms with E-state index in [1.54, 1.807) is 6.92 Å². The first-order valence-electron chi connectivity index (χ1n) is 6.40. The maximum Gasteiger partial charge on any atom is 0.324 e. The van der Waals surface area contributed by atoms with Gasteiger partial charge in [-0.05, 0) is 26.7 Å². The zero-order chi connectivity index (χ0) is 15.8. The summed E-state index contributed by atoms with van der Waals surface area (Å²) in [5, 5.41) is 8.36. The number of hydrogen-bond donors (Lipinski definition) is 1. The number of carbonyl (C=O) groups is 1. The van der Waals surface area contributed by atoms with Crippen LogP contribution in [0.15, 0.2) is 0 Å². The van der Waals surface area contributed by atoms with Gasteiger partial charge in [0.05, 0.1) is 16.8 Å². The number of carboxylic acids is 1. The summed E-state index contributed by atoms with van der Waals surface area (Å²) in [5.41, 5.74) is -1.55. The molecule has 0 atom stereocenters. The van der Waals surface area contributed by atoms with E-state index in [1.807, 2.05) is 0 Å². The number of aliphatic carboxylic acids is 1. The molecule has 20 heavy (non-hydrogen) atoms. The third-order valence-electron chi connectivity index (χ3n) is 3.66. The summed E-state index contributed by atoms with van der Waals surface area (Å²) in [4.78, 5) is 11.3. The van der Waals surface area contributed by atoms with Gasteiger partial charge >= 0.3 is 5.97 Å². The Balaban J connectivity index is 3.06. The number of likely N-dealkylation sites (N-methyl/N-ethyl adjacent to an activating group) is 1. The Morgan fingerprint density at radius 1 is 1.30 bits per heavy atom. The molecule has 0 aromatic rings. The van der Waals surface area contributed by atoms with Crippen molar-refractivity contribution in [2.45, 2.75) is 44.4 Å². The molecule has 118 valence electrons. The quantitative estimate of drug-likeness (QED) is 0.766. The van der Waals surface area contributed by atoms with Crippen LogP contribution in [-0.4, -0.2) is 61.1 Å². The van der Waals surface area contributed by atoms with Gasteiger partial charge in [0.25, 0.3) is 0 Å². The molecular weight excluding hydrogens is 306 g/mol. The van der Waals surface area contributed by atoms with Crippen LogP contribution in [0.2, 0.25) is 0 Å². The molecule has 1 aliphatic heterocycles. The van der Waals surface area contributed by atoms with Crippen molar-refractivity contribution in [1.29, 1.82) is 0 Å². The van der Waals surface area contributed by atoms with Gasteiger partial charge in [0.15, 0.2) is 0 Å². The standard InChI is InChI=1S/C11H21NO6S2/c1-4-12(11(2,3)10(13)14)20(17,18)9-5-7-19(15,16)8-6-9/h9H,4-8H2,1-3H3,(H,13,14). The second-order valence-electron chi connectivity index (χ2n) is 5.43. The normalized spacial score (nSPS) is 21.0. The van der Waals surface area contributed by atoms with E-state index in [2.05, 4.69) is 0 Å². The van der Waals surface area contributed by atoms with Crippen LogP contribution >= 0.6 is 0 Å². The molecule has 0 aromatic carbocycles. The lowest BCUT2D eigenvalue weighted by Crippen LogP contribution is -2.56. The molecule has 0 bridgehead atoms. The highest BCUT2D eigenvalue weighted by molar-refractivity contribution is 7.92. The number of rotatable bonds is 5. The van der Waals surface area contributed by atoms with Crippen LogP contribution in [0.1, 0.15) is 33.6 Å². The summed E-state index contributed by atoms with van der Waals surface area (Å²) in [6.45, 7) is 4.26. The molecule has 1 saturated heterocycles. The van der Waals surface area contributed by atoms with Crippen LogP contribution in [0, 0.1) is 0 Å². The fourth-order valence-corrected chi connectivity index (χ4v) is 6.40. The Bertz CT molecular complexity index is 564. The number of sulfone groups is 1. The highest BCUT2D eigenvalue weighted by Gasteiger charge is 2.45. The highest BCUT2D eigenvalue weighted by atomic mass is 32.2. The Kier molecular flexibility index (Phi) is 4.87. The number of nitrogens with zero attached hydrogens (tertiary/aromatic N) is 1. The van der Waals surface area contributed by atoms with Gasteiger partial charge < -0.3 is 5.11 Å². The van der Waals surface area contributed by atoms with E-state index in [-0.39, 0.29) is 30.9 Å². The largest absolute Gasteiger partial charge is 0.480 e. The lowest BCUT2D eigenvalue weighted by molar-refractivity contribution is -0.146. The molecule has 0 saturated carbocycles. The van der Waals surface area contributed by atoms with Crippen LogP contribution in [0.5, 0.6) is 0 Å². The van der Waals surface area contributed by atoms with Gasteiger partial charge in [-0.15, -0.1) is 0 Å². The van der Waals surface area contributed by atoms with E-state index in [4.69, 9.17) is 0 Å². The van der Waals surface area contributed by atoms with Crippen LogP contribution in [0.25, 0.3) is 0 Å². The van der Waals surface area contributed by atoms with Crippen molar-refractivity contribution >= 4 is 25.8 Å². The van der Waals surface area contributed by atoms with Crippen molar-refractivity contribution in [3.05, 3.63) is 0 Å². The summed E-state index contributed by atoms with van der Waals surface area (Å²) in [5.74, 6) is -1.56. The van der Waals surface area contributed by atoms with Crippen molar-refractivity contribution in [1.82, 2.24) is 4.31 Å². The minimum absolute atomic E-state index is 0.0247. The topological polar surface area (TPSA) is 109 Å². The average Bonchev–Trinajstić information content (AvgIpc) is 2.28. The summed E-state index contributed by atoms with van der Waals surface area (Å²) >= 11 is 0. The first-order valence-corrected chi connectivity index (χ1v) is 9.73. The summed E-state index contributed by atoms with van der Waals surface area (Å²) < 4.78 is 48.8. The van der Waals surface area contributed by atoms with Crippen LogP contribution in [0.4, 0.5) is 0 Å². The molecule has 1 rings (SSSR count). The molecular formula is C11H21NO6S2. The van der Waals surface area contributed by atoms with Gasteiger partial charge in [0.2, 0.25) is 10.0 Å². The molecule has 1 aliphatic rings. The second-order valence-corrected chi connectivity index (χ2v) is 9.87. The Hall–Kier alpha value is -0.670. The summed E-state index contributed by atoms with van der Waals surface area (Å²) in [6, 6.07) is 0. The maximum atomic E-state index is 12.5. The molecule has 0 radical (unpaired) electrons. The fraction of sp³-hybridized carbons (Fsp3) is 0.909. The lowest BCUT2D eigenvalue weighted by atomic mass is 10.1. The van der Waals surface area contributed by atoms with Gasteiger partial charge in [0, 0.05) is 6.54 Å². The summed E-state index contributed by atoms with van der Waals surface area (Å²) in [7, 11) is -7.00. The first kappa shape index (κ1) is 17.4. The van der Waals surface area contributed by atoms with Crippen molar-refractivity contribution < 1.29 is 26.7 Å². The van der Waals surface area contributed by atoms with Gasteiger partial charge in [-0.1, -0.05) is 6.92 Å². The lowest BCUT2D eigenvalue weighted by Gasteiger charge is -2.36. The van der Waals surface area contributed by atoms with E-state index < -0.39 is 36.6 Å². The SMILES string of the molecule is CCN(C(C)(C)C(=O)O)S(=O)(=O)C1CCS(=O)(=O)CC1. The highest BCUT2D eigenvalue weighted by Crippen LogP contribution is 2.27. The fourth-order valence-electron chi connectivity index (χ4n) is 2.35. The number of hydrogen-bond acceptors (Lipinski definition) is 5. The Labute approximate surface area is 119 Å². The Morgan fingerprint density at radius 3 is 2.10 bits per heavy atom. The molecule has 0 aliphatic carbocycles. The average molecular weight is 327 g/mol. The number of sulfonamides is 1. The molecule has 9 heteroatoms. The van der Waals surface area contributed by atoms with E-state index in [0.717, 1.165) is 4.31 Å². The molecule has 7 nitrogen and oxygen atoms in total. The predicted molar refractivity (Wildman–Crippen MR) is 74.7 cm³/mol. The molecule has 0 unspecified atom stereocenters. The minimum Gasteiger partial charge on any atom is -0.480 e. The monoisotopic (exact) mass is 327 g/mol. The van der Waals surface area contributed by atoms with Crippen molar-refractivity contribution in [2.75, 3.05) is 18.1 Å². The number of carboxylic acid groups (broad SMARTS) is 1. The van der Waals surface area contributed by atoms with Gasteiger partial charge in [-0.3, -0.25) is 4.79 Å². The Morgan fingerprint density at radius 2 is 1.75 bits per heavy atom. The third-order valence-corrected chi connectivity index (χ3v) is 8.02. The van der Waals surface area contributed by atoms with Gasteiger partial charge in [-0.25, -0.2) is 16.8 Å². The first-order chi connectivity index (χ1) is 8.95. The van der Waals surface area contributed by atoms with E-state index >= 15 is 0 Å². The molecule has 0 spiro atoms. The summed E-state index contributed by atoms with van der Waals surface area (Å²) in [6.07, 6.45) is 0.0493. The van der Waals surface area contributed by atoms with Crippen molar-refractivity contribution in [3.8, 4) is 0 Å². The third kappa shape index (κ3) is 3.32. The van der Waals surface area contributed by atoms with Crippen molar-refractivity contribution in [2.24, 2.45) is 0 Å². The minimum atomic E-state index is -3.84. The molecule has 1 N–H and O–H groups in total. The smallest absolute Gasteiger partial charge is 0.324 e.